The first-order valence-corrected chi connectivity index (χ1v) is 10.2. The molecule has 148 valence electrons. The van der Waals surface area contributed by atoms with E-state index in [-0.39, 0.29) is 18.0 Å². The van der Waals surface area contributed by atoms with Crippen LogP contribution in [0.15, 0.2) is 30.3 Å². The fraction of sp³-hybridized carbons (Fsp3) is 0.619. The van der Waals surface area contributed by atoms with Gasteiger partial charge in [-0.15, -0.1) is 0 Å². The molecule has 1 aromatic carbocycles. The van der Waals surface area contributed by atoms with Crippen molar-refractivity contribution in [2.24, 2.45) is 5.92 Å². The van der Waals surface area contributed by atoms with Gasteiger partial charge in [0.2, 0.25) is 0 Å². The van der Waals surface area contributed by atoms with Crippen LogP contribution in [0.25, 0.3) is 0 Å². The average molecular weight is 373 g/mol. The van der Waals surface area contributed by atoms with Gasteiger partial charge in [-0.2, -0.15) is 0 Å². The topological polar surface area (TPSA) is 61.9 Å². The van der Waals surface area contributed by atoms with Crippen LogP contribution in [-0.2, 0) is 9.53 Å². The van der Waals surface area contributed by atoms with Gasteiger partial charge >= 0.3 is 12.0 Å². The lowest BCUT2D eigenvalue weighted by Gasteiger charge is -2.27. The predicted octanol–water partition coefficient (Wildman–Crippen LogP) is 3.03. The van der Waals surface area contributed by atoms with Crippen molar-refractivity contribution in [2.45, 2.75) is 45.1 Å². The first-order valence-electron chi connectivity index (χ1n) is 10.2. The van der Waals surface area contributed by atoms with Gasteiger partial charge in [-0.25, -0.2) is 4.79 Å². The molecular formula is C21H31N3O3. The zero-order chi connectivity index (χ0) is 19.1. The highest BCUT2D eigenvalue weighted by Gasteiger charge is 2.38. The molecular weight excluding hydrogens is 342 g/mol. The molecule has 2 aliphatic heterocycles. The predicted molar refractivity (Wildman–Crippen MR) is 106 cm³/mol. The molecule has 0 spiro atoms. The van der Waals surface area contributed by atoms with Gasteiger partial charge in [-0.05, 0) is 63.7 Å². The maximum absolute atomic E-state index is 13.1. The summed E-state index contributed by atoms with van der Waals surface area (Å²) in [5.41, 5.74) is 0.924. The quantitative estimate of drug-likeness (QED) is 0.712. The van der Waals surface area contributed by atoms with Crippen LogP contribution in [-0.4, -0.2) is 55.7 Å². The van der Waals surface area contributed by atoms with Crippen LogP contribution >= 0.6 is 0 Å². The summed E-state index contributed by atoms with van der Waals surface area (Å²) >= 11 is 0. The summed E-state index contributed by atoms with van der Waals surface area (Å²) in [7, 11) is 0. The second-order valence-corrected chi connectivity index (χ2v) is 7.40. The summed E-state index contributed by atoms with van der Waals surface area (Å²) in [6.07, 6.45) is 4.40. The fourth-order valence-corrected chi connectivity index (χ4v) is 4.06. The van der Waals surface area contributed by atoms with E-state index < -0.39 is 0 Å². The van der Waals surface area contributed by atoms with Crippen LogP contribution in [0.2, 0.25) is 0 Å². The molecule has 1 N–H and O–H groups in total. The van der Waals surface area contributed by atoms with E-state index in [0.717, 1.165) is 31.7 Å². The van der Waals surface area contributed by atoms with Crippen LogP contribution in [0.1, 0.15) is 39.0 Å². The molecule has 0 aliphatic carbocycles. The van der Waals surface area contributed by atoms with Gasteiger partial charge in [0.05, 0.1) is 12.6 Å². The van der Waals surface area contributed by atoms with E-state index in [0.29, 0.717) is 31.9 Å². The molecule has 27 heavy (non-hydrogen) atoms. The minimum atomic E-state index is -0.179. The van der Waals surface area contributed by atoms with E-state index in [1.165, 1.54) is 12.8 Å². The standard InChI is InChI=1S/C21H31N3O3/c1-2-27-20(25)9-8-19-16-24(18-6-4-3-5-7-18)21(26)23(19)15-12-17-10-13-22-14-11-17/h3-7,17,19,22H,2,8-16H2,1H3. The number of carbonyl (C=O) groups is 2. The Bertz CT molecular complexity index is 616. The number of hydrogen-bond acceptors (Lipinski definition) is 4. The van der Waals surface area contributed by atoms with Crippen LogP contribution < -0.4 is 10.2 Å². The molecule has 2 aliphatic rings. The Hall–Kier alpha value is -2.08. The Balaban J connectivity index is 1.65. The van der Waals surface area contributed by atoms with Gasteiger partial charge in [0.15, 0.2) is 0 Å². The van der Waals surface area contributed by atoms with Crippen molar-refractivity contribution in [1.29, 1.82) is 0 Å². The molecule has 2 fully saturated rings. The Morgan fingerprint density at radius 3 is 2.63 bits per heavy atom. The summed E-state index contributed by atoms with van der Waals surface area (Å²) in [5, 5.41) is 3.39. The summed E-state index contributed by atoms with van der Waals surface area (Å²) in [6, 6.07) is 9.92. The lowest BCUT2D eigenvalue weighted by molar-refractivity contribution is -0.143. The number of rotatable bonds is 8. The molecule has 0 aromatic heterocycles. The monoisotopic (exact) mass is 373 g/mol. The van der Waals surface area contributed by atoms with Crippen molar-refractivity contribution < 1.29 is 14.3 Å². The van der Waals surface area contributed by atoms with Gasteiger partial charge in [0, 0.05) is 25.2 Å². The number of urea groups is 1. The van der Waals surface area contributed by atoms with E-state index in [1.807, 2.05) is 47.1 Å². The number of amides is 2. The summed E-state index contributed by atoms with van der Waals surface area (Å²) in [5.74, 6) is 0.497. The molecule has 0 radical (unpaired) electrons. The Morgan fingerprint density at radius 1 is 1.19 bits per heavy atom. The Labute approximate surface area is 161 Å². The Kier molecular flexibility index (Phi) is 7.10. The number of ether oxygens (including phenoxy) is 1. The molecule has 6 heteroatoms. The second kappa shape index (κ2) is 9.74. The zero-order valence-corrected chi connectivity index (χ0v) is 16.2. The minimum Gasteiger partial charge on any atom is -0.466 e. The van der Waals surface area contributed by atoms with Crippen molar-refractivity contribution in [3.05, 3.63) is 30.3 Å². The number of piperidine rings is 1. The highest BCUT2D eigenvalue weighted by atomic mass is 16.5. The van der Waals surface area contributed by atoms with Crippen molar-refractivity contribution in [3.63, 3.8) is 0 Å². The van der Waals surface area contributed by atoms with E-state index in [2.05, 4.69) is 5.32 Å². The average Bonchev–Trinajstić information content (AvgIpc) is 3.02. The van der Waals surface area contributed by atoms with E-state index in [4.69, 9.17) is 4.74 Å². The van der Waals surface area contributed by atoms with Gasteiger partial charge < -0.3 is 15.0 Å². The van der Waals surface area contributed by atoms with Gasteiger partial charge in [-0.3, -0.25) is 9.69 Å². The van der Waals surface area contributed by atoms with E-state index in [1.54, 1.807) is 0 Å². The highest BCUT2D eigenvalue weighted by Crippen LogP contribution is 2.27. The van der Waals surface area contributed by atoms with Crippen molar-refractivity contribution in [2.75, 3.05) is 37.7 Å². The van der Waals surface area contributed by atoms with E-state index >= 15 is 0 Å². The SMILES string of the molecule is CCOC(=O)CCC1CN(c2ccccc2)C(=O)N1CCC1CCNCC1. The van der Waals surface area contributed by atoms with E-state index in [9.17, 15) is 9.59 Å². The molecule has 0 saturated carbocycles. The number of benzene rings is 1. The lowest BCUT2D eigenvalue weighted by Crippen LogP contribution is -2.38. The van der Waals surface area contributed by atoms with Gasteiger partial charge in [0.1, 0.15) is 0 Å². The van der Waals surface area contributed by atoms with Crippen LogP contribution in [0.4, 0.5) is 10.5 Å². The van der Waals surface area contributed by atoms with Crippen molar-refractivity contribution in [3.8, 4) is 0 Å². The molecule has 1 unspecified atom stereocenters. The molecule has 1 atom stereocenters. The maximum atomic E-state index is 13.1. The normalized spacial score (nSPS) is 20.9. The molecule has 2 amide bonds. The summed E-state index contributed by atoms with van der Waals surface area (Å²) in [6.45, 7) is 5.76. The highest BCUT2D eigenvalue weighted by molar-refractivity contribution is 5.94. The molecule has 6 nitrogen and oxygen atoms in total. The Morgan fingerprint density at radius 2 is 1.93 bits per heavy atom. The minimum absolute atomic E-state index is 0.0591. The van der Waals surface area contributed by atoms with Gasteiger partial charge in [-0.1, -0.05) is 18.2 Å². The number of esters is 1. The number of anilines is 1. The van der Waals surface area contributed by atoms with Crippen LogP contribution in [0.3, 0.4) is 0 Å². The van der Waals surface area contributed by atoms with Crippen molar-refractivity contribution in [1.82, 2.24) is 10.2 Å². The summed E-state index contributed by atoms with van der Waals surface area (Å²) < 4.78 is 5.07. The number of nitrogens with one attached hydrogen (secondary N) is 1. The smallest absolute Gasteiger partial charge is 0.324 e. The second-order valence-electron chi connectivity index (χ2n) is 7.40. The van der Waals surface area contributed by atoms with Crippen molar-refractivity contribution >= 4 is 17.7 Å². The molecule has 2 heterocycles. The first-order chi connectivity index (χ1) is 13.2. The molecule has 0 bridgehead atoms. The van der Waals surface area contributed by atoms with Crippen LogP contribution in [0.5, 0.6) is 0 Å². The van der Waals surface area contributed by atoms with Crippen LogP contribution in [0, 0.1) is 5.92 Å². The maximum Gasteiger partial charge on any atom is 0.324 e. The number of carbonyl (C=O) groups excluding carboxylic acids is 2. The fourth-order valence-electron chi connectivity index (χ4n) is 4.06. The lowest BCUT2D eigenvalue weighted by atomic mass is 9.94. The zero-order valence-electron chi connectivity index (χ0n) is 16.2. The number of hydrogen-bond donors (Lipinski definition) is 1. The molecule has 2 saturated heterocycles. The summed E-state index contributed by atoms with van der Waals surface area (Å²) in [4.78, 5) is 28.7. The number of nitrogens with zero attached hydrogens (tertiary/aromatic N) is 2. The number of para-hydroxylation sites is 1. The third-order valence-corrected chi connectivity index (χ3v) is 5.60. The third-order valence-electron chi connectivity index (χ3n) is 5.60. The molecule has 1 aromatic rings. The third kappa shape index (κ3) is 5.22. The first kappa shape index (κ1) is 19.7. The van der Waals surface area contributed by atoms with Gasteiger partial charge in [0.25, 0.3) is 0 Å². The largest absolute Gasteiger partial charge is 0.466 e. The molecule has 3 rings (SSSR count).